The van der Waals surface area contributed by atoms with Gasteiger partial charge in [0, 0.05) is 0 Å². The van der Waals surface area contributed by atoms with Crippen LogP contribution in [0.3, 0.4) is 0 Å². The lowest BCUT2D eigenvalue weighted by molar-refractivity contribution is -0.206. The maximum absolute atomic E-state index is 10.7. The first-order chi connectivity index (χ1) is 5.57. The van der Waals surface area contributed by atoms with Crippen molar-refractivity contribution >= 4 is 5.97 Å². The summed E-state index contributed by atoms with van der Waals surface area (Å²) < 4.78 is 4.38. The summed E-state index contributed by atoms with van der Waals surface area (Å²) in [6.45, 7) is -0.587. The van der Waals surface area contributed by atoms with E-state index in [4.69, 9.17) is 20.4 Å². The van der Waals surface area contributed by atoms with Gasteiger partial charge in [-0.05, 0) is 0 Å². The van der Waals surface area contributed by atoms with Crippen LogP contribution in [0.15, 0.2) is 0 Å². The van der Waals surface area contributed by atoms with Gasteiger partial charge in [0.1, 0.15) is 12.2 Å². The predicted octanol–water partition coefficient (Wildman–Crippen LogP) is -3.01. The Kier molecular flexibility index (Phi) is 2.63. The average molecular weight is 178 g/mol. The van der Waals surface area contributed by atoms with Gasteiger partial charge in [0.2, 0.25) is 0 Å². The molecule has 1 fully saturated rings. The lowest BCUT2D eigenvalue weighted by Crippen LogP contribution is -2.56. The van der Waals surface area contributed by atoms with Crippen molar-refractivity contribution < 1.29 is 30.0 Å². The Morgan fingerprint density at radius 1 is 1.25 bits per heavy atom. The summed E-state index contributed by atoms with van der Waals surface area (Å²) in [5.41, 5.74) is 0. The lowest BCUT2D eigenvalue weighted by atomic mass is 10.0. The highest BCUT2D eigenvalue weighted by Crippen LogP contribution is 2.15. The number of esters is 1. The molecule has 1 aliphatic heterocycles. The van der Waals surface area contributed by atoms with Crippen molar-refractivity contribution in [3.63, 3.8) is 0 Å². The van der Waals surface area contributed by atoms with E-state index in [0.717, 1.165) is 0 Å². The molecule has 0 spiro atoms. The summed E-state index contributed by atoms with van der Waals surface area (Å²) in [5, 5.41) is 35.5. The molecule has 6 heteroatoms. The van der Waals surface area contributed by atoms with Gasteiger partial charge < -0.3 is 25.2 Å². The molecule has 0 bridgehead atoms. The van der Waals surface area contributed by atoms with Crippen LogP contribution in [0.1, 0.15) is 0 Å². The van der Waals surface area contributed by atoms with Crippen molar-refractivity contribution in [1.82, 2.24) is 0 Å². The summed E-state index contributed by atoms with van der Waals surface area (Å²) in [4.78, 5) is 10.7. The Balaban J connectivity index is 2.70. The Morgan fingerprint density at radius 3 is 2.33 bits per heavy atom. The molecule has 3 unspecified atom stereocenters. The molecular formula is C6H10O6. The molecule has 1 aliphatic rings. The number of carbonyl (C=O) groups excluding carboxylic acids is 1. The zero-order valence-electron chi connectivity index (χ0n) is 6.12. The van der Waals surface area contributed by atoms with Crippen molar-refractivity contribution in [2.45, 2.75) is 24.4 Å². The first-order valence-corrected chi connectivity index (χ1v) is 3.43. The molecule has 0 saturated carbocycles. The van der Waals surface area contributed by atoms with Crippen molar-refractivity contribution in [3.05, 3.63) is 0 Å². The Hall–Kier alpha value is -0.690. The minimum Gasteiger partial charge on any atom is -0.455 e. The third-order valence-corrected chi connectivity index (χ3v) is 1.74. The molecule has 6 nitrogen and oxygen atoms in total. The number of ether oxygens (including phenoxy) is 1. The fourth-order valence-corrected chi connectivity index (χ4v) is 0.980. The second-order valence-electron chi connectivity index (χ2n) is 2.58. The van der Waals surface area contributed by atoms with Gasteiger partial charge >= 0.3 is 5.97 Å². The molecule has 70 valence electrons. The van der Waals surface area contributed by atoms with Crippen LogP contribution >= 0.6 is 0 Å². The van der Waals surface area contributed by atoms with Gasteiger partial charge in [0.05, 0.1) is 6.61 Å². The van der Waals surface area contributed by atoms with Gasteiger partial charge in [-0.25, -0.2) is 4.79 Å². The molecule has 4 N–H and O–H groups in total. The number of aliphatic hydroxyl groups excluding tert-OH is 4. The van der Waals surface area contributed by atoms with Gasteiger partial charge in [-0.3, -0.25) is 0 Å². The fourth-order valence-electron chi connectivity index (χ4n) is 0.980. The van der Waals surface area contributed by atoms with Crippen LogP contribution in [0.2, 0.25) is 0 Å². The van der Waals surface area contributed by atoms with Crippen LogP contribution in [0.25, 0.3) is 0 Å². The maximum atomic E-state index is 10.7. The topological polar surface area (TPSA) is 107 Å². The van der Waals surface area contributed by atoms with E-state index >= 15 is 0 Å². The van der Waals surface area contributed by atoms with E-state index in [-0.39, 0.29) is 0 Å². The van der Waals surface area contributed by atoms with E-state index in [9.17, 15) is 4.79 Å². The van der Waals surface area contributed by atoms with Crippen molar-refractivity contribution in [3.8, 4) is 0 Å². The molecule has 12 heavy (non-hydrogen) atoms. The van der Waals surface area contributed by atoms with Crippen LogP contribution in [0.4, 0.5) is 0 Å². The number of hydrogen-bond donors (Lipinski definition) is 4. The highest BCUT2D eigenvalue weighted by Gasteiger charge is 2.43. The summed E-state index contributed by atoms with van der Waals surface area (Å²) >= 11 is 0. The maximum Gasteiger partial charge on any atom is 0.338 e. The molecular weight excluding hydrogens is 168 g/mol. The van der Waals surface area contributed by atoms with Crippen LogP contribution in [-0.2, 0) is 9.53 Å². The highest BCUT2D eigenvalue weighted by atomic mass is 16.6. The van der Waals surface area contributed by atoms with Gasteiger partial charge in [-0.15, -0.1) is 0 Å². The van der Waals surface area contributed by atoms with Gasteiger partial charge in [-0.1, -0.05) is 0 Å². The Bertz CT molecular complexity index is 179. The van der Waals surface area contributed by atoms with E-state index in [1.165, 1.54) is 0 Å². The van der Waals surface area contributed by atoms with Gasteiger partial charge in [0.15, 0.2) is 12.2 Å². The number of rotatable bonds is 1. The molecule has 0 aliphatic carbocycles. The summed E-state index contributed by atoms with van der Waals surface area (Å²) in [7, 11) is 0. The normalized spacial score (nSPS) is 42.5. The number of cyclic esters (lactones) is 1. The molecule has 1 rings (SSSR count). The van der Waals surface area contributed by atoms with Crippen molar-refractivity contribution in [2.24, 2.45) is 0 Å². The van der Waals surface area contributed by atoms with Gasteiger partial charge in [-0.2, -0.15) is 0 Å². The zero-order valence-corrected chi connectivity index (χ0v) is 6.12. The van der Waals surface area contributed by atoms with Crippen molar-refractivity contribution in [1.29, 1.82) is 0 Å². The SMILES string of the molecule is O=C1OC(CO)[C@@H](O)C(O)C1O. The second kappa shape index (κ2) is 3.36. The minimum atomic E-state index is -1.73. The summed E-state index contributed by atoms with van der Waals surface area (Å²) in [6, 6.07) is 0. The second-order valence-corrected chi connectivity index (χ2v) is 2.58. The summed E-state index contributed by atoms with van der Waals surface area (Å²) in [6.07, 6.45) is -5.93. The first-order valence-electron chi connectivity index (χ1n) is 3.43. The molecule has 4 atom stereocenters. The van der Waals surface area contributed by atoms with Crippen LogP contribution < -0.4 is 0 Å². The first kappa shape index (κ1) is 9.40. The van der Waals surface area contributed by atoms with E-state index in [1.54, 1.807) is 0 Å². The monoisotopic (exact) mass is 178 g/mol. The fraction of sp³-hybridized carbons (Fsp3) is 0.833. The molecule has 0 aromatic rings. The predicted molar refractivity (Wildman–Crippen MR) is 35.0 cm³/mol. The van der Waals surface area contributed by atoms with Crippen LogP contribution in [0.5, 0.6) is 0 Å². The number of aliphatic hydroxyl groups is 4. The molecule has 0 radical (unpaired) electrons. The standard InChI is InChI=1S/C6H10O6/c7-1-2-3(8)4(9)5(10)6(11)12-2/h2-5,7-10H,1H2/t2?,3-,4?,5?/m1/s1. The number of hydrogen-bond acceptors (Lipinski definition) is 6. The van der Waals surface area contributed by atoms with E-state index in [1.807, 2.05) is 0 Å². The number of carbonyl (C=O) groups is 1. The van der Waals surface area contributed by atoms with Crippen molar-refractivity contribution in [2.75, 3.05) is 6.61 Å². The van der Waals surface area contributed by atoms with Crippen LogP contribution in [0, 0.1) is 0 Å². The van der Waals surface area contributed by atoms with E-state index in [0.29, 0.717) is 0 Å². The van der Waals surface area contributed by atoms with Crippen LogP contribution in [-0.4, -0.2) is 57.4 Å². The molecule has 0 amide bonds. The average Bonchev–Trinajstić information content (AvgIpc) is 2.08. The highest BCUT2D eigenvalue weighted by molar-refractivity contribution is 5.76. The molecule has 1 saturated heterocycles. The molecule has 0 aromatic carbocycles. The minimum absolute atomic E-state index is 0.587. The quantitative estimate of drug-likeness (QED) is 0.318. The Labute approximate surface area is 68.0 Å². The summed E-state index contributed by atoms with van der Waals surface area (Å²) in [5.74, 6) is -1.04. The molecule has 0 aromatic heterocycles. The smallest absolute Gasteiger partial charge is 0.338 e. The third-order valence-electron chi connectivity index (χ3n) is 1.74. The van der Waals surface area contributed by atoms with E-state index < -0.39 is 37.0 Å². The Morgan fingerprint density at radius 2 is 1.83 bits per heavy atom. The van der Waals surface area contributed by atoms with Gasteiger partial charge in [0.25, 0.3) is 0 Å². The zero-order chi connectivity index (χ0) is 9.30. The molecule has 1 heterocycles. The lowest BCUT2D eigenvalue weighted by Gasteiger charge is -2.32. The van der Waals surface area contributed by atoms with E-state index in [2.05, 4.69) is 4.74 Å². The third kappa shape index (κ3) is 1.42. The largest absolute Gasteiger partial charge is 0.455 e.